The first-order valence-electron chi connectivity index (χ1n) is 12.7. The minimum Gasteiger partial charge on any atom is -0.493 e. The Kier molecular flexibility index (Phi) is 9.59. The molecule has 12 heteroatoms. The summed E-state index contributed by atoms with van der Waals surface area (Å²) in [4.78, 5) is 20.2. The molecule has 2 aromatic carbocycles. The molecule has 0 unspecified atom stereocenters. The van der Waals surface area contributed by atoms with Gasteiger partial charge in [-0.3, -0.25) is 10.0 Å². The lowest BCUT2D eigenvalue weighted by atomic mass is 10.1. The number of pyridine rings is 2. The number of nitrogens with one attached hydrogen (secondary N) is 2. The summed E-state index contributed by atoms with van der Waals surface area (Å²) in [5, 5.41) is 2.36. The van der Waals surface area contributed by atoms with E-state index in [4.69, 9.17) is 18.9 Å². The highest BCUT2D eigenvalue weighted by molar-refractivity contribution is 7.92. The fraction of sp³-hybridized carbons (Fsp3) is 0.207. The van der Waals surface area contributed by atoms with Crippen LogP contribution in [0.5, 0.6) is 23.0 Å². The molecule has 0 saturated heterocycles. The fourth-order valence-electron chi connectivity index (χ4n) is 3.58. The van der Waals surface area contributed by atoms with Crippen molar-refractivity contribution in [1.29, 1.82) is 0 Å². The van der Waals surface area contributed by atoms with Crippen molar-refractivity contribution in [3.63, 3.8) is 0 Å². The number of carbonyl (C=O) groups excluding carboxylic acids is 1. The lowest BCUT2D eigenvalue weighted by molar-refractivity contribution is 0.137. The highest BCUT2D eigenvalue weighted by Gasteiger charge is 2.22. The normalized spacial score (nSPS) is 11.0. The van der Waals surface area contributed by atoms with Crippen molar-refractivity contribution in [2.45, 2.75) is 24.8 Å². The van der Waals surface area contributed by atoms with E-state index < -0.39 is 16.1 Å². The molecule has 0 aliphatic heterocycles. The van der Waals surface area contributed by atoms with Gasteiger partial charge in [0, 0.05) is 12.4 Å². The van der Waals surface area contributed by atoms with E-state index >= 15 is 0 Å². The number of hydrogen-bond acceptors (Lipinski definition) is 9. The molecule has 0 radical (unpaired) electrons. The van der Waals surface area contributed by atoms with Crippen molar-refractivity contribution in [3.8, 4) is 23.0 Å². The van der Waals surface area contributed by atoms with Gasteiger partial charge in [0.2, 0.25) is 0 Å². The van der Waals surface area contributed by atoms with Crippen molar-refractivity contribution >= 4 is 27.6 Å². The van der Waals surface area contributed by atoms with Crippen LogP contribution in [0.25, 0.3) is 0 Å². The number of carbonyl (C=O) groups is 1. The van der Waals surface area contributed by atoms with Gasteiger partial charge in [0.05, 0.1) is 12.8 Å². The Bertz CT molecular complexity index is 1560. The first kappa shape index (κ1) is 29.2. The Balaban J connectivity index is 1.54. The largest absolute Gasteiger partial charge is 0.493 e. The van der Waals surface area contributed by atoms with E-state index in [1.165, 1.54) is 25.4 Å². The van der Waals surface area contributed by atoms with Crippen LogP contribution in [0.1, 0.15) is 25.3 Å². The molecule has 11 nitrogen and oxygen atoms in total. The highest BCUT2D eigenvalue weighted by Crippen LogP contribution is 2.42. The van der Waals surface area contributed by atoms with Gasteiger partial charge in [-0.2, -0.15) is 8.42 Å². The summed E-state index contributed by atoms with van der Waals surface area (Å²) in [5.41, 5.74) is 1.02. The van der Waals surface area contributed by atoms with Gasteiger partial charge in [-0.15, -0.1) is 0 Å². The van der Waals surface area contributed by atoms with Gasteiger partial charge in [0.15, 0.2) is 28.0 Å². The Labute approximate surface area is 238 Å². The molecule has 0 spiro atoms. The molecule has 2 aromatic heterocycles. The number of ether oxygens (including phenoxy) is 4. The molecular weight excluding hydrogens is 548 g/mol. The molecule has 4 rings (SSSR count). The van der Waals surface area contributed by atoms with Crippen LogP contribution >= 0.6 is 0 Å². The van der Waals surface area contributed by atoms with E-state index in [2.05, 4.69) is 20.0 Å². The number of nitrogens with zero attached hydrogens (tertiary/aromatic N) is 2. The second-order valence-corrected chi connectivity index (χ2v) is 10.5. The number of aromatic nitrogens is 2. The average Bonchev–Trinajstić information content (AvgIpc) is 2.97. The third-order valence-corrected chi connectivity index (χ3v) is 6.96. The third kappa shape index (κ3) is 7.85. The zero-order valence-electron chi connectivity index (χ0n) is 22.7. The monoisotopic (exact) mass is 578 g/mol. The van der Waals surface area contributed by atoms with Crippen LogP contribution in [-0.4, -0.2) is 44.8 Å². The average molecular weight is 579 g/mol. The van der Waals surface area contributed by atoms with Crippen LogP contribution in [0.2, 0.25) is 0 Å². The molecule has 1 amide bonds. The number of methoxy groups -OCH3 is 1. The first-order valence-corrected chi connectivity index (χ1v) is 14.2. The number of rotatable bonds is 12. The number of anilines is 2. The summed E-state index contributed by atoms with van der Waals surface area (Å²) < 4.78 is 51.6. The standard InChI is InChI=1S/C29H30N4O7S/c1-20(2)21-14-15-27(31-19-21)41(35,36)33-22-9-8-12-25(28(22)40-24-11-5-4-10-23(24)37-3)38-17-18-39-29(34)32-26-13-6-7-16-30-26/h4-16,19-20,33H,17-18H2,1-3H3,(H,30,32,34). The quantitative estimate of drug-likeness (QED) is 0.199. The molecule has 2 N–H and O–H groups in total. The van der Waals surface area contributed by atoms with Gasteiger partial charge in [0.1, 0.15) is 19.0 Å². The summed E-state index contributed by atoms with van der Waals surface area (Å²) >= 11 is 0. The molecule has 2 heterocycles. The topological polar surface area (TPSA) is 138 Å². The van der Waals surface area contributed by atoms with Gasteiger partial charge in [-0.25, -0.2) is 14.8 Å². The molecule has 0 fully saturated rings. The first-order chi connectivity index (χ1) is 19.8. The van der Waals surface area contributed by atoms with E-state index in [1.807, 2.05) is 13.8 Å². The highest BCUT2D eigenvalue weighted by atomic mass is 32.2. The van der Waals surface area contributed by atoms with E-state index in [0.717, 1.165) is 5.56 Å². The summed E-state index contributed by atoms with van der Waals surface area (Å²) in [6.45, 7) is 3.84. The zero-order chi connectivity index (χ0) is 29.2. The van der Waals surface area contributed by atoms with Crippen molar-refractivity contribution in [2.75, 3.05) is 30.4 Å². The summed E-state index contributed by atoms with van der Waals surface area (Å²) in [6, 6.07) is 19.9. The maximum absolute atomic E-state index is 13.2. The van der Waals surface area contributed by atoms with Crippen LogP contribution in [0.4, 0.5) is 16.3 Å². The molecule has 214 valence electrons. The number of benzene rings is 2. The Morgan fingerprint density at radius 2 is 1.63 bits per heavy atom. The van der Waals surface area contributed by atoms with Crippen LogP contribution < -0.4 is 24.2 Å². The molecule has 0 aliphatic carbocycles. The van der Waals surface area contributed by atoms with Crippen LogP contribution in [0, 0.1) is 0 Å². The van der Waals surface area contributed by atoms with Gasteiger partial charge in [-0.05, 0) is 53.9 Å². The van der Waals surface area contributed by atoms with Crippen molar-refractivity contribution in [1.82, 2.24) is 9.97 Å². The molecular formula is C29H30N4O7S. The minimum atomic E-state index is -4.08. The SMILES string of the molecule is COc1ccccc1Oc1c(NS(=O)(=O)c2ccc(C(C)C)cn2)cccc1OCCOC(=O)Nc1ccccn1. The number of sulfonamides is 1. The summed E-state index contributed by atoms with van der Waals surface area (Å²) in [7, 11) is -2.59. The Morgan fingerprint density at radius 1 is 0.878 bits per heavy atom. The van der Waals surface area contributed by atoms with Gasteiger partial charge < -0.3 is 18.9 Å². The lowest BCUT2D eigenvalue weighted by Crippen LogP contribution is -2.18. The maximum atomic E-state index is 13.2. The predicted molar refractivity (Wildman–Crippen MR) is 153 cm³/mol. The smallest absolute Gasteiger partial charge is 0.412 e. The molecule has 4 aromatic rings. The maximum Gasteiger partial charge on any atom is 0.412 e. The molecule has 0 atom stereocenters. The van der Waals surface area contributed by atoms with Crippen molar-refractivity contribution < 1.29 is 32.2 Å². The number of para-hydroxylation sites is 3. The van der Waals surface area contributed by atoms with Gasteiger partial charge in [0.25, 0.3) is 10.0 Å². The molecule has 0 aliphatic rings. The number of hydrogen-bond donors (Lipinski definition) is 2. The molecule has 0 bridgehead atoms. The third-order valence-electron chi connectivity index (χ3n) is 5.67. The fourth-order valence-corrected chi connectivity index (χ4v) is 4.57. The molecule has 0 saturated carbocycles. The van der Waals surface area contributed by atoms with Crippen molar-refractivity contribution in [2.24, 2.45) is 0 Å². The van der Waals surface area contributed by atoms with E-state index in [-0.39, 0.29) is 41.3 Å². The lowest BCUT2D eigenvalue weighted by Gasteiger charge is -2.18. The van der Waals surface area contributed by atoms with Crippen LogP contribution in [0.15, 0.2) is 90.2 Å². The minimum absolute atomic E-state index is 0.0493. The predicted octanol–water partition coefficient (Wildman–Crippen LogP) is 5.83. The van der Waals surface area contributed by atoms with E-state index in [1.54, 1.807) is 66.9 Å². The van der Waals surface area contributed by atoms with E-state index in [0.29, 0.717) is 17.3 Å². The van der Waals surface area contributed by atoms with Gasteiger partial charge >= 0.3 is 6.09 Å². The second-order valence-electron chi connectivity index (χ2n) is 8.90. The summed E-state index contributed by atoms with van der Waals surface area (Å²) in [6.07, 6.45) is 2.38. The van der Waals surface area contributed by atoms with Crippen LogP contribution in [-0.2, 0) is 14.8 Å². The Morgan fingerprint density at radius 3 is 2.32 bits per heavy atom. The van der Waals surface area contributed by atoms with Crippen molar-refractivity contribution in [3.05, 3.63) is 90.8 Å². The van der Waals surface area contributed by atoms with Gasteiger partial charge in [-0.1, -0.05) is 44.2 Å². The zero-order valence-corrected chi connectivity index (χ0v) is 23.6. The second kappa shape index (κ2) is 13.5. The van der Waals surface area contributed by atoms with E-state index in [9.17, 15) is 13.2 Å². The van der Waals surface area contributed by atoms with Crippen LogP contribution in [0.3, 0.4) is 0 Å². The summed E-state index contributed by atoms with van der Waals surface area (Å²) in [5.74, 6) is 1.59. The molecule has 41 heavy (non-hydrogen) atoms. The Hall–Kier alpha value is -4.84. The number of amides is 1.